The van der Waals surface area contributed by atoms with Crippen LogP contribution in [0.25, 0.3) is 38.8 Å². The normalized spacial score (nSPS) is 11.2. The van der Waals surface area contributed by atoms with E-state index >= 15 is 0 Å². The number of nitrogens with zero attached hydrogens (tertiary/aromatic N) is 5. The number of hydrogen-bond acceptors (Lipinski definition) is 5. The Balaban J connectivity index is 1.42. The topological polar surface area (TPSA) is 101 Å². The highest BCUT2D eigenvalue weighted by molar-refractivity contribution is 6.09. The molecule has 0 fully saturated rings. The quantitative estimate of drug-likeness (QED) is 0.402. The number of fused-ring (bicyclic) bond motifs is 2. The lowest BCUT2D eigenvalue weighted by Gasteiger charge is -2.07. The van der Waals surface area contributed by atoms with Gasteiger partial charge in [-0.25, -0.2) is 9.50 Å². The predicted molar refractivity (Wildman–Crippen MR) is 130 cm³/mol. The molecule has 6 heterocycles. The van der Waals surface area contributed by atoms with Crippen molar-refractivity contribution in [1.29, 1.82) is 0 Å². The molecule has 6 aromatic rings. The van der Waals surface area contributed by atoms with E-state index in [1.807, 2.05) is 43.0 Å². The second kappa shape index (κ2) is 7.93. The summed E-state index contributed by atoms with van der Waals surface area (Å²) in [5.41, 5.74) is 7.75. The first-order chi connectivity index (χ1) is 16.7. The van der Waals surface area contributed by atoms with Crippen molar-refractivity contribution in [3.63, 3.8) is 0 Å². The highest BCUT2D eigenvalue weighted by atomic mass is 16.1. The van der Waals surface area contributed by atoms with Crippen LogP contribution >= 0.6 is 0 Å². The Morgan fingerprint density at radius 1 is 0.971 bits per heavy atom. The molecule has 2 N–H and O–H groups in total. The number of aromatic nitrogens is 6. The number of amides is 1. The summed E-state index contributed by atoms with van der Waals surface area (Å²) in [6, 6.07) is 11.6. The number of carbonyl (C=O) groups is 1. The lowest BCUT2D eigenvalue weighted by molar-refractivity contribution is 0.102. The van der Waals surface area contributed by atoms with Crippen molar-refractivity contribution in [2.75, 3.05) is 5.32 Å². The molecule has 6 aromatic heterocycles. The summed E-state index contributed by atoms with van der Waals surface area (Å²) in [5, 5.41) is 8.21. The van der Waals surface area contributed by atoms with E-state index in [4.69, 9.17) is 0 Å². The van der Waals surface area contributed by atoms with Gasteiger partial charge in [-0.3, -0.25) is 14.8 Å². The van der Waals surface area contributed by atoms with Gasteiger partial charge in [0.2, 0.25) is 0 Å². The molecule has 0 aliphatic heterocycles. The number of pyridine rings is 4. The zero-order valence-electron chi connectivity index (χ0n) is 18.2. The Kier molecular flexibility index (Phi) is 4.62. The maximum atomic E-state index is 12.9. The summed E-state index contributed by atoms with van der Waals surface area (Å²) < 4.78 is 1.69. The number of rotatable bonds is 4. The van der Waals surface area contributed by atoms with Gasteiger partial charge in [0.05, 0.1) is 29.2 Å². The van der Waals surface area contributed by atoms with Gasteiger partial charge in [-0.05, 0) is 54.4 Å². The van der Waals surface area contributed by atoms with Crippen molar-refractivity contribution in [2.45, 2.75) is 6.92 Å². The molecular formula is C26H19N7O. The first-order valence-electron chi connectivity index (χ1n) is 10.7. The second-order valence-electron chi connectivity index (χ2n) is 8.01. The van der Waals surface area contributed by atoms with Crippen LogP contribution in [0.4, 0.5) is 5.69 Å². The van der Waals surface area contributed by atoms with Crippen LogP contribution in [0, 0.1) is 6.92 Å². The molecule has 0 aliphatic rings. The third-order valence-electron chi connectivity index (χ3n) is 5.88. The SMILES string of the molecule is Cc1ccncc1-c1cnc2[nH]cc(-c3ccn4ncc(C(=O)Nc5cccnc5)c4c3)c2c1. The highest BCUT2D eigenvalue weighted by Gasteiger charge is 2.16. The van der Waals surface area contributed by atoms with E-state index in [0.29, 0.717) is 16.8 Å². The van der Waals surface area contributed by atoms with Crippen molar-refractivity contribution < 1.29 is 4.79 Å². The molecule has 164 valence electrons. The molecule has 1 amide bonds. The Morgan fingerprint density at radius 2 is 1.88 bits per heavy atom. The van der Waals surface area contributed by atoms with Gasteiger partial charge in [0.1, 0.15) is 5.65 Å². The molecule has 6 rings (SSSR count). The van der Waals surface area contributed by atoms with Crippen LogP contribution in [0.2, 0.25) is 0 Å². The first kappa shape index (κ1) is 19.8. The maximum absolute atomic E-state index is 12.9. The Labute approximate surface area is 194 Å². The van der Waals surface area contributed by atoms with Crippen molar-refractivity contribution >= 4 is 28.1 Å². The molecule has 8 heteroatoms. The maximum Gasteiger partial charge on any atom is 0.259 e. The molecule has 0 saturated carbocycles. The average molecular weight is 445 g/mol. The van der Waals surface area contributed by atoms with E-state index in [9.17, 15) is 4.79 Å². The van der Waals surface area contributed by atoms with E-state index in [1.54, 1.807) is 41.4 Å². The van der Waals surface area contributed by atoms with Crippen molar-refractivity contribution in [3.05, 3.63) is 97.1 Å². The molecule has 0 radical (unpaired) electrons. The van der Waals surface area contributed by atoms with Crippen molar-refractivity contribution in [2.24, 2.45) is 0 Å². The zero-order chi connectivity index (χ0) is 23.1. The van der Waals surface area contributed by atoms with Crippen LogP contribution in [-0.2, 0) is 0 Å². The smallest absolute Gasteiger partial charge is 0.259 e. The van der Waals surface area contributed by atoms with Gasteiger partial charge >= 0.3 is 0 Å². The number of anilines is 1. The minimum atomic E-state index is -0.241. The monoisotopic (exact) mass is 445 g/mol. The summed E-state index contributed by atoms with van der Waals surface area (Å²) in [6.07, 6.45) is 14.1. The van der Waals surface area contributed by atoms with Crippen molar-refractivity contribution in [1.82, 2.24) is 29.5 Å². The van der Waals surface area contributed by atoms with Crippen LogP contribution in [0.3, 0.4) is 0 Å². The van der Waals surface area contributed by atoms with Gasteiger partial charge < -0.3 is 10.3 Å². The number of nitrogens with one attached hydrogen (secondary N) is 2. The summed E-state index contributed by atoms with van der Waals surface area (Å²) in [5.74, 6) is -0.241. The Morgan fingerprint density at radius 3 is 2.74 bits per heavy atom. The van der Waals surface area contributed by atoms with E-state index in [1.165, 1.54) is 0 Å². The summed E-state index contributed by atoms with van der Waals surface area (Å²) in [7, 11) is 0. The molecule has 0 saturated heterocycles. The lowest BCUT2D eigenvalue weighted by Crippen LogP contribution is -2.11. The molecule has 34 heavy (non-hydrogen) atoms. The average Bonchev–Trinajstić information content (AvgIpc) is 3.48. The molecular weight excluding hydrogens is 426 g/mol. The minimum absolute atomic E-state index is 0.241. The van der Waals surface area contributed by atoms with Crippen LogP contribution in [0.1, 0.15) is 15.9 Å². The van der Waals surface area contributed by atoms with Gasteiger partial charge in [0, 0.05) is 59.3 Å². The van der Waals surface area contributed by atoms with Crippen LogP contribution in [0.5, 0.6) is 0 Å². The molecule has 0 atom stereocenters. The molecule has 0 bridgehead atoms. The number of aromatic amines is 1. The number of aryl methyl sites for hydroxylation is 1. The van der Waals surface area contributed by atoms with E-state index < -0.39 is 0 Å². The highest BCUT2D eigenvalue weighted by Crippen LogP contribution is 2.32. The minimum Gasteiger partial charge on any atom is -0.346 e. The van der Waals surface area contributed by atoms with Gasteiger partial charge in [0.25, 0.3) is 5.91 Å². The molecule has 8 nitrogen and oxygen atoms in total. The first-order valence-corrected chi connectivity index (χ1v) is 10.7. The van der Waals surface area contributed by atoms with E-state index in [2.05, 4.69) is 43.3 Å². The zero-order valence-corrected chi connectivity index (χ0v) is 18.2. The van der Waals surface area contributed by atoms with Crippen LogP contribution < -0.4 is 5.32 Å². The van der Waals surface area contributed by atoms with Gasteiger partial charge in [-0.2, -0.15) is 5.10 Å². The fraction of sp³-hybridized carbons (Fsp3) is 0.0385. The van der Waals surface area contributed by atoms with Crippen LogP contribution in [-0.4, -0.2) is 35.5 Å². The summed E-state index contributed by atoms with van der Waals surface area (Å²) in [6.45, 7) is 2.06. The van der Waals surface area contributed by atoms with E-state index in [0.717, 1.165) is 38.9 Å². The van der Waals surface area contributed by atoms with Crippen molar-refractivity contribution in [3.8, 4) is 22.3 Å². The van der Waals surface area contributed by atoms with E-state index in [-0.39, 0.29) is 5.91 Å². The summed E-state index contributed by atoms with van der Waals surface area (Å²) in [4.78, 5) is 29.1. The summed E-state index contributed by atoms with van der Waals surface area (Å²) >= 11 is 0. The fourth-order valence-corrected chi connectivity index (χ4v) is 4.11. The largest absolute Gasteiger partial charge is 0.346 e. The molecule has 0 aromatic carbocycles. The Hall–Kier alpha value is -4.85. The predicted octanol–water partition coefficient (Wildman–Crippen LogP) is 4.90. The molecule has 0 unspecified atom stereocenters. The van der Waals surface area contributed by atoms with Gasteiger partial charge in [-0.15, -0.1) is 0 Å². The standard InChI is InChI=1S/C26H19N7O/c1-16-4-7-28-13-21(16)18-9-20-22(14-30-25(20)29-11-18)17-5-8-33-24(10-17)23(15-31-33)26(34)32-19-3-2-6-27-12-19/h2-15H,1H3,(H,29,30)(H,32,34). The van der Waals surface area contributed by atoms with Gasteiger partial charge in [0.15, 0.2) is 0 Å². The van der Waals surface area contributed by atoms with Crippen LogP contribution in [0.15, 0.2) is 86.0 Å². The van der Waals surface area contributed by atoms with Gasteiger partial charge in [-0.1, -0.05) is 0 Å². The Bertz CT molecular complexity index is 1670. The number of carbonyl (C=O) groups excluding carboxylic acids is 1. The third-order valence-corrected chi connectivity index (χ3v) is 5.88. The number of hydrogen-bond donors (Lipinski definition) is 2. The molecule has 0 spiro atoms. The number of H-pyrrole nitrogens is 1. The second-order valence-corrected chi connectivity index (χ2v) is 8.01. The lowest BCUT2D eigenvalue weighted by atomic mass is 10.0. The fourth-order valence-electron chi connectivity index (χ4n) is 4.11. The third kappa shape index (κ3) is 3.38. The molecule has 0 aliphatic carbocycles.